The zero-order valence-corrected chi connectivity index (χ0v) is 11.8. The monoisotopic (exact) mass is 271 g/mol. The van der Waals surface area contributed by atoms with Crippen LogP contribution in [0.5, 0.6) is 5.75 Å². The Kier molecular flexibility index (Phi) is 5.59. The van der Waals surface area contributed by atoms with Gasteiger partial charge in [0.2, 0.25) is 0 Å². The topological polar surface area (TPSA) is 41.5 Å². The Balaban J connectivity index is 2.13. The second-order valence-electron chi connectivity index (χ2n) is 4.69. The number of nitrogens with one attached hydrogen (secondary N) is 1. The van der Waals surface area contributed by atoms with Crippen LogP contribution in [-0.4, -0.2) is 25.4 Å². The number of ether oxygens (including phenoxy) is 1. The zero-order chi connectivity index (χ0) is 14.2. The van der Waals surface area contributed by atoms with E-state index in [4.69, 9.17) is 9.84 Å². The number of rotatable bonds is 7. The lowest BCUT2D eigenvalue weighted by Crippen LogP contribution is -2.26. The molecule has 0 aliphatic carbocycles. The van der Waals surface area contributed by atoms with Crippen LogP contribution in [0.25, 0.3) is 0 Å². The summed E-state index contributed by atoms with van der Waals surface area (Å²) >= 11 is 0. The van der Waals surface area contributed by atoms with E-state index in [1.165, 1.54) is 11.1 Å². The first-order valence-corrected chi connectivity index (χ1v) is 6.85. The highest BCUT2D eigenvalue weighted by Crippen LogP contribution is 2.21. The molecule has 2 N–H and O–H groups in total. The summed E-state index contributed by atoms with van der Waals surface area (Å²) in [5.74, 6) is 0.856. The van der Waals surface area contributed by atoms with Gasteiger partial charge in [-0.1, -0.05) is 42.5 Å². The fourth-order valence-electron chi connectivity index (χ4n) is 2.23. The average molecular weight is 271 g/mol. The predicted octanol–water partition coefficient (Wildman–Crippen LogP) is 2.56. The lowest BCUT2D eigenvalue weighted by molar-refractivity contribution is 0.284. The van der Waals surface area contributed by atoms with Crippen LogP contribution in [-0.2, 0) is 6.42 Å². The van der Waals surface area contributed by atoms with Crippen molar-refractivity contribution in [1.82, 2.24) is 5.32 Å². The van der Waals surface area contributed by atoms with E-state index in [0.717, 1.165) is 12.2 Å². The van der Waals surface area contributed by atoms with Crippen molar-refractivity contribution in [2.75, 3.05) is 20.3 Å². The van der Waals surface area contributed by atoms with Gasteiger partial charge < -0.3 is 15.2 Å². The molecule has 0 bridgehead atoms. The predicted molar refractivity (Wildman–Crippen MR) is 81.0 cm³/mol. The first-order chi connectivity index (χ1) is 9.83. The van der Waals surface area contributed by atoms with Crippen LogP contribution >= 0.6 is 0 Å². The molecule has 0 aliphatic rings. The van der Waals surface area contributed by atoms with Crippen molar-refractivity contribution >= 4 is 0 Å². The Labute approximate surface area is 120 Å². The SMILES string of the molecule is COc1ccc([C@H](Cc2ccccc2)NCCO)cc1. The minimum atomic E-state index is 0.140. The molecule has 0 fully saturated rings. The van der Waals surface area contributed by atoms with E-state index in [2.05, 4.69) is 29.6 Å². The smallest absolute Gasteiger partial charge is 0.118 e. The lowest BCUT2D eigenvalue weighted by atomic mass is 9.99. The van der Waals surface area contributed by atoms with Gasteiger partial charge in [-0.25, -0.2) is 0 Å². The molecule has 0 unspecified atom stereocenters. The van der Waals surface area contributed by atoms with E-state index in [-0.39, 0.29) is 12.6 Å². The normalized spacial score (nSPS) is 12.1. The number of hydrogen-bond donors (Lipinski definition) is 2. The molecule has 0 aromatic heterocycles. The maximum atomic E-state index is 9.03. The number of aliphatic hydroxyl groups excluding tert-OH is 1. The molecule has 0 aliphatic heterocycles. The van der Waals surface area contributed by atoms with Crippen molar-refractivity contribution in [3.63, 3.8) is 0 Å². The molecule has 2 aromatic rings. The lowest BCUT2D eigenvalue weighted by Gasteiger charge is -2.19. The van der Waals surface area contributed by atoms with E-state index >= 15 is 0 Å². The summed E-state index contributed by atoms with van der Waals surface area (Å²) in [4.78, 5) is 0. The van der Waals surface area contributed by atoms with Crippen LogP contribution < -0.4 is 10.1 Å². The summed E-state index contributed by atoms with van der Waals surface area (Å²) in [5.41, 5.74) is 2.47. The van der Waals surface area contributed by atoms with Gasteiger partial charge in [0.05, 0.1) is 13.7 Å². The Morgan fingerprint density at radius 3 is 2.35 bits per heavy atom. The van der Waals surface area contributed by atoms with Gasteiger partial charge in [0, 0.05) is 12.6 Å². The Morgan fingerprint density at radius 1 is 1.05 bits per heavy atom. The molecular formula is C17H21NO2. The second-order valence-corrected chi connectivity index (χ2v) is 4.69. The molecule has 2 aromatic carbocycles. The summed E-state index contributed by atoms with van der Waals surface area (Å²) < 4.78 is 5.19. The summed E-state index contributed by atoms with van der Waals surface area (Å²) in [6, 6.07) is 18.6. The highest BCUT2D eigenvalue weighted by molar-refractivity contribution is 5.30. The summed E-state index contributed by atoms with van der Waals surface area (Å²) in [6.07, 6.45) is 0.896. The molecule has 0 heterocycles. The van der Waals surface area contributed by atoms with Crippen molar-refractivity contribution in [2.24, 2.45) is 0 Å². The third kappa shape index (κ3) is 4.08. The molecule has 0 radical (unpaired) electrons. The molecule has 0 saturated heterocycles. The van der Waals surface area contributed by atoms with Gasteiger partial charge in [-0.3, -0.25) is 0 Å². The highest BCUT2D eigenvalue weighted by atomic mass is 16.5. The molecule has 20 heavy (non-hydrogen) atoms. The largest absolute Gasteiger partial charge is 0.497 e. The number of benzene rings is 2. The van der Waals surface area contributed by atoms with Crippen LogP contribution in [0.15, 0.2) is 54.6 Å². The van der Waals surface area contributed by atoms with Crippen LogP contribution in [0.4, 0.5) is 0 Å². The van der Waals surface area contributed by atoms with Crippen LogP contribution in [0, 0.1) is 0 Å². The molecule has 106 valence electrons. The Bertz CT molecular complexity index is 496. The minimum Gasteiger partial charge on any atom is -0.497 e. The van der Waals surface area contributed by atoms with E-state index in [1.807, 2.05) is 30.3 Å². The first-order valence-electron chi connectivity index (χ1n) is 6.85. The van der Waals surface area contributed by atoms with Crippen molar-refractivity contribution < 1.29 is 9.84 Å². The van der Waals surface area contributed by atoms with Crippen LogP contribution in [0.2, 0.25) is 0 Å². The second kappa shape index (κ2) is 7.68. The summed E-state index contributed by atoms with van der Waals surface area (Å²) in [5, 5.41) is 12.4. The van der Waals surface area contributed by atoms with Gasteiger partial charge in [-0.2, -0.15) is 0 Å². The maximum Gasteiger partial charge on any atom is 0.118 e. The Morgan fingerprint density at radius 2 is 1.75 bits per heavy atom. The van der Waals surface area contributed by atoms with Gasteiger partial charge in [-0.15, -0.1) is 0 Å². The van der Waals surface area contributed by atoms with Crippen LogP contribution in [0.1, 0.15) is 17.2 Å². The van der Waals surface area contributed by atoms with Gasteiger partial charge in [0.25, 0.3) is 0 Å². The summed E-state index contributed by atoms with van der Waals surface area (Å²) in [6.45, 7) is 0.727. The van der Waals surface area contributed by atoms with Crippen molar-refractivity contribution in [3.05, 3.63) is 65.7 Å². The van der Waals surface area contributed by atoms with Gasteiger partial charge in [-0.05, 0) is 29.7 Å². The molecule has 2 rings (SSSR count). The van der Waals surface area contributed by atoms with E-state index < -0.39 is 0 Å². The van der Waals surface area contributed by atoms with Crippen molar-refractivity contribution in [1.29, 1.82) is 0 Å². The third-order valence-electron chi connectivity index (χ3n) is 3.30. The number of methoxy groups -OCH3 is 1. The minimum absolute atomic E-state index is 0.140. The first kappa shape index (κ1) is 14.6. The molecule has 0 saturated carbocycles. The molecule has 0 spiro atoms. The Hall–Kier alpha value is -1.84. The highest BCUT2D eigenvalue weighted by Gasteiger charge is 2.11. The molecular weight excluding hydrogens is 250 g/mol. The standard InChI is InChI=1S/C17H21NO2/c1-20-16-9-7-15(8-10-16)17(18-11-12-19)13-14-5-3-2-4-6-14/h2-10,17-19H,11-13H2,1H3/t17-/m0/s1. The van der Waals surface area contributed by atoms with E-state index in [9.17, 15) is 0 Å². The maximum absolute atomic E-state index is 9.03. The average Bonchev–Trinajstić information content (AvgIpc) is 2.52. The van der Waals surface area contributed by atoms with E-state index in [0.29, 0.717) is 6.54 Å². The van der Waals surface area contributed by atoms with Crippen LogP contribution in [0.3, 0.4) is 0 Å². The number of aliphatic hydroxyl groups is 1. The molecule has 3 nitrogen and oxygen atoms in total. The van der Waals surface area contributed by atoms with Crippen molar-refractivity contribution in [3.8, 4) is 5.75 Å². The van der Waals surface area contributed by atoms with Gasteiger partial charge in [0.1, 0.15) is 5.75 Å². The third-order valence-corrected chi connectivity index (χ3v) is 3.30. The molecule has 3 heteroatoms. The zero-order valence-electron chi connectivity index (χ0n) is 11.8. The van der Waals surface area contributed by atoms with E-state index in [1.54, 1.807) is 7.11 Å². The van der Waals surface area contributed by atoms with Crippen molar-refractivity contribution in [2.45, 2.75) is 12.5 Å². The fourth-order valence-corrected chi connectivity index (χ4v) is 2.23. The number of hydrogen-bond acceptors (Lipinski definition) is 3. The quantitative estimate of drug-likeness (QED) is 0.813. The molecule has 1 atom stereocenters. The molecule has 0 amide bonds. The summed E-state index contributed by atoms with van der Waals surface area (Å²) in [7, 11) is 1.67. The van der Waals surface area contributed by atoms with Gasteiger partial charge in [0.15, 0.2) is 0 Å². The fraction of sp³-hybridized carbons (Fsp3) is 0.294. The van der Waals surface area contributed by atoms with Gasteiger partial charge >= 0.3 is 0 Å².